The van der Waals surface area contributed by atoms with E-state index in [2.05, 4.69) is 23.7 Å². The largest absolute Gasteiger partial charge is 0.478 e. The molecule has 0 aromatic carbocycles. The van der Waals surface area contributed by atoms with Gasteiger partial charge in [0.1, 0.15) is 0 Å². The van der Waals surface area contributed by atoms with Gasteiger partial charge in [0, 0.05) is 25.8 Å². The summed E-state index contributed by atoms with van der Waals surface area (Å²) in [6, 6.07) is 3.18. The SMILES string of the molecule is CC(C)C1CN(Cc2cc(C(=O)O)ccn2)C1. The van der Waals surface area contributed by atoms with Crippen LogP contribution in [0, 0.1) is 11.8 Å². The molecule has 0 spiro atoms. The number of carbonyl (C=O) groups is 1. The molecule has 2 rings (SSSR count). The maximum absolute atomic E-state index is 10.8. The van der Waals surface area contributed by atoms with Gasteiger partial charge >= 0.3 is 5.97 Å². The van der Waals surface area contributed by atoms with Crippen molar-refractivity contribution in [1.29, 1.82) is 0 Å². The summed E-state index contributed by atoms with van der Waals surface area (Å²) in [6.45, 7) is 7.42. The molecule has 0 unspecified atom stereocenters. The van der Waals surface area contributed by atoms with Gasteiger partial charge in [-0.05, 0) is 24.0 Å². The summed E-state index contributed by atoms with van der Waals surface area (Å²) in [5.41, 5.74) is 1.16. The summed E-state index contributed by atoms with van der Waals surface area (Å²) in [5.74, 6) is 0.611. The Bertz CT molecular complexity index is 412. The van der Waals surface area contributed by atoms with E-state index in [-0.39, 0.29) is 0 Å². The van der Waals surface area contributed by atoms with Crippen LogP contribution in [0.2, 0.25) is 0 Å². The maximum Gasteiger partial charge on any atom is 0.335 e. The Kier molecular flexibility index (Phi) is 3.43. The van der Waals surface area contributed by atoms with Gasteiger partial charge in [-0.15, -0.1) is 0 Å². The second-order valence-electron chi connectivity index (χ2n) is 5.04. The standard InChI is InChI=1S/C13H18N2O2/c1-9(2)11-6-15(7-11)8-12-5-10(13(16)17)3-4-14-12/h3-5,9,11H,6-8H2,1-2H3,(H,16,17). The third-order valence-corrected chi connectivity index (χ3v) is 3.38. The van der Waals surface area contributed by atoms with Crippen molar-refractivity contribution in [2.75, 3.05) is 13.1 Å². The second kappa shape index (κ2) is 4.84. The van der Waals surface area contributed by atoms with Gasteiger partial charge in [0.15, 0.2) is 0 Å². The molecule has 2 heterocycles. The van der Waals surface area contributed by atoms with E-state index in [9.17, 15) is 4.79 Å². The highest BCUT2D eigenvalue weighted by Gasteiger charge is 2.28. The Balaban J connectivity index is 1.92. The molecule has 1 N–H and O–H groups in total. The Hall–Kier alpha value is -1.42. The van der Waals surface area contributed by atoms with Crippen molar-refractivity contribution in [2.24, 2.45) is 11.8 Å². The lowest BCUT2D eigenvalue weighted by molar-refractivity contribution is 0.0600. The fraction of sp³-hybridized carbons (Fsp3) is 0.538. The summed E-state index contributed by atoms with van der Waals surface area (Å²) in [4.78, 5) is 17.3. The van der Waals surface area contributed by atoms with Crippen LogP contribution in [0.4, 0.5) is 0 Å². The van der Waals surface area contributed by atoms with Gasteiger partial charge in [0.25, 0.3) is 0 Å². The third-order valence-electron chi connectivity index (χ3n) is 3.38. The zero-order valence-electron chi connectivity index (χ0n) is 10.3. The van der Waals surface area contributed by atoms with Crippen LogP contribution < -0.4 is 0 Å². The van der Waals surface area contributed by atoms with Crippen molar-refractivity contribution in [3.63, 3.8) is 0 Å². The quantitative estimate of drug-likeness (QED) is 0.864. The number of aromatic carboxylic acids is 1. The molecule has 1 aliphatic rings. The lowest BCUT2D eigenvalue weighted by Crippen LogP contribution is -2.48. The Morgan fingerprint density at radius 2 is 2.29 bits per heavy atom. The van der Waals surface area contributed by atoms with E-state index in [0.717, 1.165) is 37.2 Å². The van der Waals surface area contributed by atoms with E-state index in [4.69, 9.17) is 5.11 Å². The number of carboxylic acid groups (broad SMARTS) is 1. The van der Waals surface area contributed by atoms with Crippen molar-refractivity contribution in [3.8, 4) is 0 Å². The molecule has 17 heavy (non-hydrogen) atoms. The first-order valence-corrected chi connectivity index (χ1v) is 5.97. The van der Waals surface area contributed by atoms with Crippen LogP contribution in [-0.4, -0.2) is 34.0 Å². The third kappa shape index (κ3) is 2.82. The molecule has 0 atom stereocenters. The highest BCUT2D eigenvalue weighted by Crippen LogP contribution is 2.24. The number of likely N-dealkylation sites (tertiary alicyclic amines) is 1. The molecule has 0 bridgehead atoms. The second-order valence-corrected chi connectivity index (χ2v) is 5.04. The van der Waals surface area contributed by atoms with Gasteiger partial charge in [-0.3, -0.25) is 9.88 Å². The minimum absolute atomic E-state index is 0.316. The van der Waals surface area contributed by atoms with Crippen molar-refractivity contribution < 1.29 is 9.90 Å². The van der Waals surface area contributed by atoms with E-state index in [1.807, 2.05) is 0 Å². The molecule has 1 fully saturated rings. The fourth-order valence-electron chi connectivity index (χ4n) is 2.09. The minimum Gasteiger partial charge on any atom is -0.478 e. The van der Waals surface area contributed by atoms with E-state index in [1.165, 1.54) is 6.07 Å². The molecule has 0 amide bonds. The smallest absolute Gasteiger partial charge is 0.335 e. The van der Waals surface area contributed by atoms with Crippen LogP contribution in [0.1, 0.15) is 29.9 Å². The summed E-state index contributed by atoms with van der Waals surface area (Å²) < 4.78 is 0. The minimum atomic E-state index is -0.891. The molecular weight excluding hydrogens is 216 g/mol. The molecular formula is C13H18N2O2. The van der Waals surface area contributed by atoms with Crippen LogP contribution in [-0.2, 0) is 6.54 Å². The molecule has 0 saturated carbocycles. The van der Waals surface area contributed by atoms with Crippen LogP contribution in [0.15, 0.2) is 18.3 Å². The average Bonchev–Trinajstić information content (AvgIpc) is 2.22. The van der Waals surface area contributed by atoms with Crippen LogP contribution in [0.5, 0.6) is 0 Å². The zero-order valence-corrected chi connectivity index (χ0v) is 10.3. The molecule has 0 radical (unpaired) electrons. The van der Waals surface area contributed by atoms with Crippen molar-refractivity contribution in [1.82, 2.24) is 9.88 Å². The molecule has 1 aliphatic heterocycles. The monoisotopic (exact) mass is 234 g/mol. The van der Waals surface area contributed by atoms with Gasteiger partial charge in [-0.25, -0.2) is 4.79 Å². The molecule has 4 nitrogen and oxygen atoms in total. The van der Waals surface area contributed by atoms with Crippen LogP contribution in [0.3, 0.4) is 0 Å². The molecule has 1 aromatic rings. The fourth-order valence-corrected chi connectivity index (χ4v) is 2.09. The van der Waals surface area contributed by atoms with Gasteiger partial charge in [-0.2, -0.15) is 0 Å². The number of carboxylic acids is 1. The number of hydrogen-bond acceptors (Lipinski definition) is 3. The lowest BCUT2D eigenvalue weighted by Gasteiger charge is -2.41. The highest BCUT2D eigenvalue weighted by atomic mass is 16.4. The van der Waals surface area contributed by atoms with Gasteiger partial charge in [0.05, 0.1) is 11.3 Å². The Morgan fingerprint density at radius 1 is 1.59 bits per heavy atom. The molecule has 1 saturated heterocycles. The van der Waals surface area contributed by atoms with E-state index in [0.29, 0.717) is 5.56 Å². The summed E-state index contributed by atoms with van der Waals surface area (Å²) in [6.07, 6.45) is 1.57. The molecule has 1 aromatic heterocycles. The topological polar surface area (TPSA) is 53.4 Å². The molecule has 92 valence electrons. The predicted molar refractivity (Wildman–Crippen MR) is 64.8 cm³/mol. The molecule has 0 aliphatic carbocycles. The number of nitrogens with zero attached hydrogens (tertiary/aromatic N) is 2. The number of aromatic nitrogens is 1. The first-order valence-electron chi connectivity index (χ1n) is 5.97. The van der Waals surface area contributed by atoms with Crippen LogP contribution >= 0.6 is 0 Å². The van der Waals surface area contributed by atoms with E-state index >= 15 is 0 Å². The van der Waals surface area contributed by atoms with Crippen molar-refractivity contribution in [3.05, 3.63) is 29.6 Å². The average molecular weight is 234 g/mol. The van der Waals surface area contributed by atoms with Crippen molar-refractivity contribution in [2.45, 2.75) is 20.4 Å². The van der Waals surface area contributed by atoms with E-state index in [1.54, 1.807) is 12.3 Å². The van der Waals surface area contributed by atoms with Gasteiger partial charge < -0.3 is 5.11 Å². The van der Waals surface area contributed by atoms with Crippen molar-refractivity contribution >= 4 is 5.97 Å². The lowest BCUT2D eigenvalue weighted by atomic mass is 9.88. The number of hydrogen-bond donors (Lipinski definition) is 1. The number of rotatable bonds is 4. The van der Waals surface area contributed by atoms with Gasteiger partial charge in [-0.1, -0.05) is 13.8 Å². The normalized spacial score (nSPS) is 17.1. The predicted octanol–water partition coefficient (Wildman–Crippen LogP) is 1.87. The summed E-state index contributed by atoms with van der Waals surface area (Å²) >= 11 is 0. The summed E-state index contributed by atoms with van der Waals surface area (Å²) in [5, 5.41) is 8.89. The Morgan fingerprint density at radius 3 is 2.88 bits per heavy atom. The first-order chi connectivity index (χ1) is 8.06. The maximum atomic E-state index is 10.8. The number of pyridine rings is 1. The molecule has 4 heteroatoms. The van der Waals surface area contributed by atoms with Gasteiger partial charge in [0.2, 0.25) is 0 Å². The van der Waals surface area contributed by atoms with E-state index < -0.39 is 5.97 Å². The summed E-state index contributed by atoms with van der Waals surface area (Å²) in [7, 11) is 0. The van der Waals surface area contributed by atoms with Crippen LogP contribution in [0.25, 0.3) is 0 Å². The highest BCUT2D eigenvalue weighted by molar-refractivity contribution is 5.87. The Labute approximate surface area is 101 Å². The first kappa shape index (κ1) is 12.0. The zero-order chi connectivity index (χ0) is 12.4.